The number of carboxylic acids is 1. The molecule has 1 N–H and O–H groups in total. The van der Waals surface area contributed by atoms with E-state index in [1.54, 1.807) is 38.1 Å². The van der Waals surface area contributed by atoms with Gasteiger partial charge in [0, 0.05) is 6.04 Å². The van der Waals surface area contributed by atoms with Crippen molar-refractivity contribution in [2.75, 3.05) is 6.61 Å². The topological polar surface area (TPSA) is 106 Å². The molecular weight excluding hydrogens is 410 g/mol. The Hall–Kier alpha value is -3.20. The van der Waals surface area contributed by atoms with E-state index < -0.39 is 5.97 Å². The zero-order chi connectivity index (χ0) is 21.8. The van der Waals surface area contributed by atoms with E-state index >= 15 is 0 Å². The van der Waals surface area contributed by atoms with E-state index in [1.165, 1.54) is 17.0 Å². The Kier molecular flexibility index (Phi) is 6.51. The SMILES string of the molecule is CCOc1cc(C=C2SC(=O)N(C(C)C)C2=O)ccc1OCc1ccc(C(=O)O)o1. The molecule has 0 spiro atoms. The van der Waals surface area contributed by atoms with Crippen molar-refractivity contribution in [1.82, 2.24) is 4.90 Å². The fourth-order valence-electron chi connectivity index (χ4n) is 2.80. The van der Waals surface area contributed by atoms with Crippen molar-refractivity contribution >= 4 is 35.0 Å². The average Bonchev–Trinajstić information content (AvgIpc) is 3.26. The summed E-state index contributed by atoms with van der Waals surface area (Å²) in [6, 6.07) is 7.83. The van der Waals surface area contributed by atoms with Crippen molar-refractivity contribution in [3.8, 4) is 11.5 Å². The first kappa shape index (κ1) is 21.5. The van der Waals surface area contributed by atoms with E-state index in [-0.39, 0.29) is 29.6 Å². The van der Waals surface area contributed by atoms with Gasteiger partial charge in [-0.2, -0.15) is 0 Å². The molecule has 2 heterocycles. The fraction of sp³-hybridized carbons (Fsp3) is 0.286. The number of hydrogen-bond donors (Lipinski definition) is 1. The van der Waals surface area contributed by atoms with Gasteiger partial charge in [0.2, 0.25) is 5.76 Å². The molecule has 9 heteroatoms. The van der Waals surface area contributed by atoms with Gasteiger partial charge in [-0.05, 0) is 68.4 Å². The fourth-order valence-corrected chi connectivity index (χ4v) is 3.76. The number of thioether (sulfide) groups is 1. The largest absolute Gasteiger partial charge is 0.490 e. The molecule has 0 bridgehead atoms. The lowest BCUT2D eigenvalue weighted by atomic mass is 10.1. The van der Waals surface area contributed by atoms with Crippen LogP contribution >= 0.6 is 11.8 Å². The van der Waals surface area contributed by atoms with Crippen molar-refractivity contribution < 1.29 is 33.4 Å². The zero-order valence-electron chi connectivity index (χ0n) is 16.7. The summed E-state index contributed by atoms with van der Waals surface area (Å²) in [6.07, 6.45) is 1.64. The smallest absolute Gasteiger partial charge is 0.371 e. The Balaban J connectivity index is 1.78. The van der Waals surface area contributed by atoms with Crippen molar-refractivity contribution in [1.29, 1.82) is 0 Å². The standard InChI is InChI=1S/C21H21NO7S/c1-4-27-17-9-13(10-18-19(23)22(12(2)3)21(26)30-18)5-7-15(17)28-11-14-6-8-16(29-14)20(24)25/h5-10,12H,4,11H2,1-3H3,(H,24,25). The number of ether oxygens (including phenoxy) is 2. The molecule has 158 valence electrons. The summed E-state index contributed by atoms with van der Waals surface area (Å²) in [7, 11) is 0. The number of benzene rings is 1. The second-order valence-corrected chi connectivity index (χ2v) is 7.64. The van der Waals surface area contributed by atoms with E-state index in [0.29, 0.717) is 34.3 Å². The van der Waals surface area contributed by atoms with Gasteiger partial charge < -0.3 is 19.0 Å². The van der Waals surface area contributed by atoms with Crippen LogP contribution in [0.3, 0.4) is 0 Å². The van der Waals surface area contributed by atoms with Crippen LogP contribution in [0.25, 0.3) is 6.08 Å². The number of rotatable bonds is 8. The van der Waals surface area contributed by atoms with Crippen LogP contribution in [0, 0.1) is 0 Å². The van der Waals surface area contributed by atoms with E-state index in [9.17, 15) is 14.4 Å². The van der Waals surface area contributed by atoms with E-state index in [1.807, 2.05) is 6.92 Å². The Bertz CT molecular complexity index is 1010. The number of amides is 2. The monoisotopic (exact) mass is 431 g/mol. The minimum absolute atomic E-state index is 0.0278. The molecule has 0 aliphatic carbocycles. The van der Waals surface area contributed by atoms with Crippen molar-refractivity contribution in [2.24, 2.45) is 0 Å². The molecule has 1 aliphatic rings. The summed E-state index contributed by atoms with van der Waals surface area (Å²) < 4.78 is 16.5. The van der Waals surface area contributed by atoms with Crippen LogP contribution < -0.4 is 9.47 Å². The van der Waals surface area contributed by atoms with Crippen molar-refractivity contribution in [3.63, 3.8) is 0 Å². The molecule has 0 atom stereocenters. The van der Waals surface area contributed by atoms with E-state index in [0.717, 1.165) is 11.8 Å². The number of carboxylic acid groups (broad SMARTS) is 1. The molecule has 1 aromatic heterocycles. The molecule has 8 nitrogen and oxygen atoms in total. The Morgan fingerprint density at radius 1 is 1.20 bits per heavy atom. The minimum Gasteiger partial charge on any atom is -0.490 e. The number of carbonyl (C=O) groups is 3. The molecule has 3 rings (SSSR count). The van der Waals surface area contributed by atoms with Crippen LogP contribution in [0.2, 0.25) is 0 Å². The summed E-state index contributed by atoms with van der Waals surface area (Å²) in [6.45, 7) is 5.83. The molecule has 2 aromatic rings. The molecule has 1 saturated heterocycles. The van der Waals surface area contributed by atoms with Gasteiger partial charge in [-0.1, -0.05) is 6.07 Å². The van der Waals surface area contributed by atoms with Crippen LogP contribution in [0.4, 0.5) is 4.79 Å². The second kappa shape index (κ2) is 9.08. The van der Waals surface area contributed by atoms with Crippen LogP contribution in [-0.4, -0.2) is 39.8 Å². The van der Waals surface area contributed by atoms with Crippen LogP contribution in [-0.2, 0) is 11.4 Å². The Morgan fingerprint density at radius 2 is 1.97 bits per heavy atom. The molecule has 0 radical (unpaired) electrons. The summed E-state index contributed by atoms with van der Waals surface area (Å²) >= 11 is 0.907. The quantitative estimate of drug-likeness (QED) is 0.613. The molecule has 1 fully saturated rings. The van der Waals surface area contributed by atoms with Gasteiger partial charge in [-0.3, -0.25) is 14.5 Å². The highest BCUT2D eigenvalue weighted by molar-refractivity contribution is 8.18. The minimum atomic E-state index is -1.15. The van der Waals surface area contributed by atoms with Crippen molar-refractivity contribution in [3.05, 3.63) is 52.3 Å². The summed E-state index contributed by atoms with van der Waals surface area (Å²) in [5.74, 6) is -0.365. The Morgan fingerprint density at radius 3 is 2.57 bits per heavy atom. The van der Waals surface area contributed by atoms with Gasteiger partial charge in [-0.15, -0.1) is 0 Å². The average molecular weight is 431 g/mol. The van der Waals surface area contributed by atoms with Crippen molar-refractivity contribution in [2.45, 2.75) is 33.4 Å². The van der Waals surface area contributed by atoms with Crippen LogP contribution in [0.5, 0.6) is 11.5 Å². The van der Waals surface area contributed by atoms with Crippen LogP contribution in [0.1, 0.15) is 42.6 Å². The maximum atomic E-state index is 12.5. The summed E-state index contributed by atoms with van der Waals surface area (Å²) in [5.41, 5.74) is 0.686. The highest BCUT2D eigenvalue weighted by Crippen LogP contribution is 2.35. The first-order valence-electron chi connectivity index (χ1n) is 9.28. The third-order valence-corrected chi connectivity index (χ3v) is 5.03. The molecule has 30 heavy (non-hydrogen) atoms. The lowest BCUT2D eigenvalue weighted by Gasteiger charge is -2.16. The first-order chi connectivity index (χ1) is 14.3. The van der Waals surface area contributed by atoms with E-state index in [2.05, 4.69) is 0 Å². The van der Waals surface area contributed by atoms with Gasteiger partial charge in [0.1, 0.15) is 12.4 Å². The van der Waals surface area contributed by atoms with Gasteiger partial charge in [0.25, 0.3) is 11.1 Å². The molecule has 1 aromatic carbocycles. The number of carbonyl (C=O) groups excluding carboxylic acids is 2. The molecule has 0 unspecified atom stereocenters. The molecular formula is C21H21NO7S. The highest BCUT2D eigenvalue weighted by Gasteiger charge is 2.36. The maximum absolute atomic E-state index is 12.5. The number of imide groups is 1. The van der Waals surface area contributed by atoms with Gasteiger partial charge in [0.05, 0.1) is 11.5 Å². The lowest BCUT2D eigenvalue weighted by Crippen LogP contribution is -2.34. The third-order valence-electron chi connectivity index (χ3n) is 4.15. The third kappa shape index (κ3) is 4.68. The number of aromatic carboxylic acids is 1. The van der Waals surface area contributed by atoms with Crippen LogP contribution in [0.15, 0.2) is 39.7 Å². The number of hydrogen-bond acceptors (Lipinski definition) is 7. The lowest BCUT2D eigenvalue weighted by molar-refractivity contribution is -0.123. The maximum Gasteiger partial charge on any atom is 0.371 e. The molecule has 0 saturated carbocycles. The molecule has 1 aliphatic heterocycles. The number of nitrogens with zero attached hydrogens (tertiary/aromatic N) is 1. The number of furan rings is 1. The van der Waals surface area contributed by atoms with Gasteiger partial charge in [0.15, 0.2) is 11.5 Å². The first-order valence-corrected chi connectivity index (χ1v) is 10.1. The van der Waals surface area contributed by atoms with Gasteiger partial charge in [-0.25, -0.2) is 4.79 Å². The van der Waals surface area contributed by atoms with E-state index in [4.69, 9.17) is 19.0 Å². The predicted octanol–water partition coefficient (Wildman–Crippen LogP) is 4.40. The van der Waals surface area contributed by atoms with Gasteiger partial charge >= 0.3 is 5.97 Å². The zero-order valence-corrected chi connectivity index (χ0v) is 17.5. The highest BCUT2D eigenvalue weighted by atomic mass is 32.2. The molecule has 2 amide bonds. The normalized spacial score (nSPS) is 15.3. The second-order valence-electron chi connectivity index (χ2n) is 6.64. The summed E-state index contributed by atoms with van der Waals surface area (Å²) in [5, 5.41) is 8.63. The Labute approximate surface area is 177 Å². The summed E-state index contributed by atoms with van der Waals surface area (Å²) in [4.78, 5) is 37.0. The predicted molar refractivity (Wildman–Crippen MR) is 111 cm³/mol.